The maximum atomic E-state index is 6.17. The predicted molar refractivity (Wildman–Crippen MR) is 79.3 cm³/mol. The number of hydrogen-bond donors (Lipinski definition) is 0. The Kier molecular flexibility index (Phi) is 4.36. The average Bonchev–Trinajstić information content (AvgIpc) is 2.67. The number of halogens is 4. The molecule has 0 spiro atoms. The van der Waals surface area contributed by atoms with Gasteiger partial charge in [0, 0.05) is 14.4 Å². The van der Waals surface area contributed by atoms with E-state index in [1.807, 2.05) is 29.6 Å². The fourth-order valence-electron chi connectivity index (χ4n) is 1.34. The number of rotatable bonds is 2. The highest BCUT2D eigenvalue weighted by Gasteiger charge is 2.18. The third kappa shape index (κ3) is 2.65. The van der Waals surface area contributed by atoms with E-state index in [2.05, 4.69) is 31.9 Å². The molecular formula is C11H6Br2Cl2S. The molecule has 0 amide bonds. The molecule has 0 nitrogen and oxygen atoms in total. The smallest absolute Gasteiger partial charge is 0.0767 e. The van der Waals surface area contributed by atoms with Crippen LogP contribution in [0.3, 0.4) is 0 Å². The summed E-state index contributed by atoms with van der Waals surface area (Å²) in [4.78, 5) is 1.10. The molecule has 0 saturated heterocycles. The molecule has 0 saturated carbocycles. The molecule has 0 aliphatic carbocycles. The monoisotopic (exact) mass is 398 g/mol. The molecule has 0 bridgehead atoms. The van der Waals surface area contributed by atoms with Crippen molar-refractivity contribution in [3.05, 3.63) is 54.6 Å². The van der Waals surface area contributed by atoms with Gasteiger partial charge in [-0.25, -0.2) is 0 Å². The van der Waals surface area contributed by atoms with Gasteiger partial charge in [0.15, 0.2) is 0 Å². The lowest BCUT2D eigenvalue weighted by molar-refractivity contribution is 1.22. The third-order valence-electron chi connectivity index (χ3n) is 2.11. The lowest BCUT2D eigenvalue weighted by Gasteiger charge is -2.11. The van der Waals surface area contributed by atoms with Crippen molar-refractivity contribution in [3.8, 4) is 0 Å². The minimum Gasteiger partial charge on any atom is -0.146 e. The van der Waals surface area contributed by atoms with Crippen molar-refractivity contribution < 1.29 is 0 Å². The quantitative estimate of drug-likeness (QED) is 0.519. The first-order valence-electron chi connectivity index (χ1n) is 4.41. The summed E-state index contributed by atoms with van der Waals surface area (Å²) in [6, 6.07) is 7.68. The van der Waals surface area contributed by atoms with Gasteiger partial charge >= 0.3 is 0 Å². The van der Waals surface area contributed by atoms with Crippen LogP contribution in [0.4, 0.5) is 0 Å². The summed E-state index contributed by atoms with van der Waals surface area (Å²) in [5.41, 5.74) is 1.01. The van der Waals surface area contributed by atoms with Crippen molar-refractivity contribution in [3.63, 3.8) is 0 Å². The fraction of sp³-hybridized carbons (Fsp3) is 0.0909. The molecule has 16 heavy (non-hydrogen) atoms. The van der Waals surface area contributed by atoms with Gasteiger partial charge in [-0.05, 0) is 35.2 Å². The molecule has 2 rings (SSSR count). The zero-order valence-corrected chi connectivity index (χ0v) is 13.4. The summed E-state index contributed by atoms with van der Waals surface area (Å²) in [7, 11) is 0. The summed E-state index contributed by atoms with van der Waals surface area (Å²) in [6.45, 7) is 0. The fourth-order valence-corrected chi connectivity index (χ4v) is 4.31. The van der Waals surface area contributed by atoms with E-state index >= 15 is 0 Å². The number of benzene rings is 1. The van der Waals surface area contributed by atoms with Crippen molar-refractivity contribution in [1.29, 1.82) is 0 Å². The van der Waals surface area contributed by atoms with Crippen molar-refractivity contribution in [2.75, 3.05) is 0 Å². The summed E-state index contributed by atoms with van der Waals surface area (Å²) in [5.74, 6) is 0. The molecule has 2 aromatic rings. The van der Waals surface area contributed by atoms with E-state index in [0.29, 0.717) is 0 Å². The summed E-state index contributed by atoms with van der Waals surface area (Å²) in [5, 5.41) is 3.47. The lowest BCUT2D eigenvalue weighted by atomic mass is 10.1. The maximum absolute atomic E-state index is 6.17. The van der Waals surface area contributed by atoms with E-state index in [-0.39, 0.29) is 4.83 Å². The topological polar surface area (TPSA) is 0 Å². The van der Waals surface area contributed by atoms with E-state index in [4.69, 9.17) is 23.2 Å². The van der Waals surface area contributed by atoms with Crippen LogP contribution in [-0.2, 0) is 0 Å². The molecule has 1 atom stereocenters. The average molecular weight is 401 g/mol. The minimum absolute atomic E-state index is 0.0324. The molecule has 0 fully saturated rings. The second-order valence-electron chi connectivity index (χ2n) is 3.16. The Hall–Kier alpha value is 0.460. The van der Waals surface area contributed by atoms with Crippen LogP contribution in [0.2, 0.25) is 10.0 Å². The van der Waals surface area contributed by atoms with E-state index in [0.717, 1.165) is 25.0 Å². The van der Waals surface area contributed by atoms with Crippen LogP contribution in [0, 0.1) is 0 Å². The first-order valence-corrected chi connectivity index (χ1v) is 7.76. The zero-order valence-electron chi connectivity index (χ0n) is 7.88. The first-order chi connectivity index (χ1) is 7.59. The molecule has 1 unspecified atom stereocenters. The molecule has 0 aliphatic rings. The van der Waals surface area contributed by atoms with E-state index < -0.39 is 0 Å². The molecule has 5 heteroatoms. The highest BCUT2D eigenvalue weighted by atomic mass is 79.9. The van der Waals surface area contributed by atoms with Gasteiger partial charge < -0.3 is 0 Å². The van der Waals surface area contributed by atoms with Gasteiger partial charge in [-0.2, -0.15) is 0 Å². The molecule has 1 aromatic carbocycles. The summed E-state index contributed by atoms with van der Waals surface area (Å²) >= 11 is 21.0. The second-order valence-corrected chi connectivity index (χ2v) is 6.75. The molecular weight excluding hydrogens is 395 g/mol. The van der Waals surface area contributed by atoms with Crippen LogP contribution in [0.1, 0.15) is 15.3 Å². The standard InChI is InChI=1S/C11H6Br2Cl2S/c12-6-1-2-8(14)7(5-6)10(13)11-9(15)3-4-16-11/h1-5,10H. The Labute approximate surface area is 125 Å². The van der Waals surface area contributed by atoms with Gasteiger partial charge in [0.1, 0.15) is 0 Å². The van der Waals surface area contributed by atoms with E-state index in [1.165, 1.54) is 0 Å². The first kappa shape index (κ1) is 12.9. The van der Waals surface area contributed by atoms with Gasteiger partial charge in [-0.3, -0.25) is 0 Å². The number of alkyl halides is 1. The van der Waals surface area contributed by atoms with Crippen LogP contribution in [0.5, 0.6) is 0 Å². The minimum atomic E-state index is 0.0324. The molecule has 0 N–H and O–H groups in total. The molecule has 84 valence electrons. The van der Waals surface area contributed by atoms with Crippen LogP contribution >= 0.6 is 66.4 Å². The molecule has 1 aromatic heterocycles. The molecule has 0 aliphatic heterocycles. The van der Waals surface area contributed by atoms with Crippen LogP contribution in [-0.4, -0.2) is 0 Å². The largest absolute Gasteiger partial charge is 0.146 e. The van der Waals surface area contributed by atoms with Crippen LogP contribution in [0.25, 0.3) is 0 Å². The van der Waals surface area contributed by atoms with Gasteiger partial charge in [0.25, 0.3) is 0 Å². The second kappa shape index (κ2) is 5.40. The van der Waals surface area contributed by atoms with Crippen LogP contribution < -0.4 is 0 Å². The third-order valence-corrected chi connectivity index (χ3v) is 5.62. The normalized spacial score (nSPS) is 12.8. The van der Waals surface area contributed by atoms with Gasteiger partial charge in [-0.15, -0.1) is 11.3 Å². The predicted octanol–water partition coefficient (Wildman–Crippen LogP) is 6.30. The van der Waals surface area contributed by atoms with Crippen molar-refractivity contribution >= 4 is 66.4 Å². The summed E-state index contributed by atoms with van der Waals surface area (Å²) in [6.07, 6.45) is 0. The van der Waals surface area contributed by atoms with Gasteiger partial charge in [-0.1, -0.05) is 55.1 Å². The Morgan fingerprint density at radius 2 is 1.88 bits per heavy atom. The lowest BCUT2D eigenvalue weighted by Crippen LogP contribution is -1.91. The maximum Gasteiger partial charge on any atom is 0.0767 e. The molecule has 1 heterocycles. The van der Waals surface area contributed by atoms with Gasteiger partial charge in [0.05, 0.1) is 9.85 Å². The highest BCUT2D eigenvalue weighted by molar-refractivity contribution is 9.10. The Balaban J connectivity index is 2.45. The number of thiophene rings is 1. The Morgan fingerprint density at radius 3 is 2.50 bits per heavy atom. The molecule has 0 radical (unpaired) electrons. The van der Waals surface area contributed by atoms with Crippen molar-refractivity contribution in [1.82, 2.24) is 0 Å². The van der Waals surface area contributed by atoms with E-state index in [9.17, 15) is 0 Å². The van der Waals surface area contributed by atoms with E-state index in [1.54, 1.807) is 11.3 Å². The van der Waals surface area contributed by atoms with Crippen molar-refractivity contribution in [2.24, 2.45) is 0 Å². The Morgan fingerprint density at radius 1 is 1.12 bits per heavy atom. The summed E-state index contributed by atoms with van der Waals surface area (Å²) < 4.78 is 1.00. The number of hydrogen-bond acceptors (Lipinski definition) is 1. The highest BCUT2D eigenvalue weighted by Crippen LogP contribution is 2.41. The van der Waals surface area contributed by atoms with Crippen LogP contribution in [0.15, 0.2) is 34.1 Å². The van der Waals surface area contributed by atoms with Gasteiger partial charge in [0.2, 0.25) is 0 Å². The SMILES string of the molecule is Clc1ccc(Br)cc1C(Br)c1sccc1Cl. The zero-order chi connectivity index (χ0) is 11.7. The van der Waals surface area contributed by atoms with Crippen molar-refractivity contribution in [2.45, 2.75) is 4.83 Å². The Bertz CT molecular complexity index is 510.